The van der Waals surface area contributed by atoms with Gasteiger partial charge in [-0.25, -0.2) is 9.67 Å². The van der Waals surface area contributed by atoms with Crippen molar-refractivity contribution in [3.05, 3.63) is 11.6 Å². The maximum atomic E-state index is 4.86. The molecular formula is C14H23N3. The van der Waals surface area contributed by atoms with Crippen LogP contribution in [0.2, 0.25) is 0 Å². The lowest BCUT2D eigenvalue weighted by atomic mass is 9.99. The van der Waals surface area contributed by atoms with E-state index in [1.165, 1.54) is 57.2 Å². The topological polar surface area (TPSA) is 30.7 Å². The molecule has 0 saturated heterocycles. The zero-order valence-electron chi connectivity index (χ0n) is 10.9. The zero-order valence-corrected chi connectivity index (χ0v) is 10.9. The lowest BCUT2D eigenvalue weighted by Gasteiger charge is -2.13. The van der Waals surface area contributed by atoms with Gasteiger partial charge in [-0.2, -0.15) is 5.10 Å². The highest BCUT2D eigenvalue weighted by atomic mass is 15.3. The monoisotopic (exact) mass is 233 g/mol. The molecule has 0 aliphatic heterocycles. The molecule has 1 aromatic rings. The quantitative estimate of drug-likeness (QED) is 0.747. The van der Waals surface area contributed by atoms with Gasteiger partial charge in [0.05, 0.1) is 0 Å². The third-order valence-corrected chi connectivity index (χ3v) is 4.18. The van der Waals surface area contributed by atoms with Gasteiger partial charge in [-0.3, -0.25) is 0 Å². The van der Waals surface area contributed by atoms with E-state index in [0.717, 1.165) is 12.4 Å². The first-order valence-electron chi connectivity index (χ1n) is 7.33. The van der Waals surface area contributed by atoms with Gasteiger partial charge in [0.1, 0.15) is 5.82 Å². The summed E-state index contributed by atoms with van der Waals surface area (Å²) in [5.74, 6) is 3.78. The van der Waals surface area contributed by atoms with Crippen LogP contribution < -0.4 is 0 Å². The molecular weight excluding hydrogens is 210 g/mol. The van der Waals surface area contributed by atoms with E-state index in [2.05, 4.69) is 11.6 Å². The van der Waals surface area contributed by atoms with E-state index in [4.69, 9.17) is 10.1 Å². The van der Waals surface area contributed by atoms with Crippen molar-refractivity contribution in [2.75, 3.05) is 0 Å². The standard InChI is InChI=1S/C14H23N3/c1-2-17-14(12-7-5-3-4-6-8-12)15-13(16-17)11-9-10-11/h11-12H,2-10H2,1H3. The number of aryl methyl sites for hydroxylation is 1. The van der Waals surface area contributed by atoms with E-state index in [-0.39, 0.29) is 0 Å². The molecule has 2 saturated carbocycles. The maximum absolute atomic E-state index is 4.86. The first kappa shape index (κ1) is 11.2. The van der Waals surface area contributed by atoms with Crippen LogP contribution in [0.1, 0.15) is 81.8 Å². The van der Waals surface area contributed by atoms with Crippen molar-refractivity contribution in [2.45, 2.75) is 76.7 Å². The van der Waals surface area contributed by atoms with Crippen molar-refractivity contribution in [3.63, 3.8) is 0 Å². The third kappa shape index (κ3) is 2.38. The molecule has 0 radical (unpaired) electrons. The zero-order chi connectivity index (χ0) is 11.7. The van der Waals surface area contributed by atoms with E-state index in [1.807, 2.05) is 0 Å². The Balaban J connectivity index is 1.83. The lowest BCUT2D eigenvalue weighted by molar-refractivity contribution is 0.505. The Morgan fingerprint density at radius 1 is 1.00 bits per heavy atom. The smallest absolute Gasteiger partial charge is 0.154 e. The van der Waals surface area contributed by atoms with Crippen LogP contribution in [0.4, 0.5) is 0 Å². The van der Waals surface area contributed by atoms with Crippen LogP contribution in [0.3, 0.4) is 0 Å². The number of nitrogens with zero attached hydrogens (tertiary/aromatic N) is 3. The van der Waals surface area contributed by atoms with Crippen molar-refractivity contribution < 1.29 is 0 Å². The van der Waals surface area contributed by atoms with E-state index >= 15 is 0 Å². The third-order valence-electron chi connectivity index (χ3n) is 4.18. The second-order valence-electron chi connectivity index (χ2n) is 5.61. The van der Waals surface area contributed by atoms with Gasteiger partial charge in [0.2, 0.25) is 0 Å². The highest BCUT2D eigenvalue weighted by Gasteiger charge is 2.30. The number of rotatable bonds is 3. The largest absolute Gasteiger partial charge is 0.250 e. The van der Waals surface area contributed by atoms with Crippen LogP contribution in [0.5, 0.6) is 0 Å². The van der Waals surface area contributed by atoms with E-state index < -0.39 is 0 Å². The summed E-state index contributed by atoms with van der Waals surface area (Å²) in [6, 6.07) is 0. The van der Waals surface area contributed by atoms with Crippen LogP contribution >= 0.6 is 0 Å². The predicted molar refractivity (Wildman–Crippen MR) is 68.1 cm³/mol. The first-order valence-corrected chi connectivity index (χ1v) is 7.33. The van der Waals surface area contributed by atoms with Crippen LogP contribution in [0.15, 0.2) is 0 Å². The van der Waals surface area contributed by atoms with Gasteiger partial charge >= 0.3 is 0 Å². The van der Waals surface area contributed by atoms with Gasteiger partial charge in [-0.15, -0.1) is 0 Å². The highest BCUT2D eigenvalue weighted by molar-refractivity contribution is 5.09. The molecule has 1 aromatic heterocycles. The molecule has 0 bridgehead atoms. The van der Waals surface area contributed by atoms with Crippen molar-refractivity contribution in [1.82, 2.24) is 14.8 Å². The van der Waals surface area contributed by atoms with Crippen LogP contribution in [0.25, 0.3) is 0 Å². The SMILES string of the molecule is CCn1nc(C2CC2)nc1C1CCCCCC1. The molecule has 3 heteroatoms. The predicted octanol–water partition coefficient (Wildman–Crippen LogP) is 3.61. The van der Waals surface area contributed by atoms with E-state index in [9.17, 15) is 0 Å². The fraction of sp³-hybridized carbons (Fsp3) is 0.857. The van der Waals surface area contributed by atoms with Gasteiger partial charge < -0.3 is 0 Å². The molecule has 2 fully saturated rings. The minimum atomic E-state index is 0.678. The van der Waals surface area contributed by atoms with Crippen molar-refractivity contribution in [1.29, 1.82) is 0 Å². The first-order chi connectivity index (χ1) is 8.38. The summed E-state index contributed by atoms with van der Waals surface area (Å²) >= 11 is 0. The second-order valence-corrected chi connectivity index (χ2v) is 5.61. The number of hydrogen-bond donors (Lipinski definition) is 0. The fourth-order valence-corrected chi connectivity index (χ4v) is 2.96. The Morgan fingerprint density at radius 3 is 2.29 bits per heavy atom. The summed E-state index contributed by atoms with van der Waals surface area (Å²) in [6.07, 6.45) is 10.8. The molecule has 0 spiro atoms. The average Bonchev–Trinajstić information content (AvgIpc) is 3.14. The Morgan fingerprint density at radius 2 is 1.71 bits per heavy atom. The Bertz CT molecular complexity index is 371. The van der Waals surface area contributed by atoms with E-state index in [0.29, 0.717) is 11.8 Å². The minimum absolute atomic E-state index is 0.678. The van der Waals surface area contributed by atoms with Gasteiger partial charge in [0.15, 0.2) is 5.82 Å². The molecule has 3 nitrogen and oxygen atoms in total. The van der Waals surface area contributed by atoms with Gasteiger partial charge in [-0.1, -0.05) is 25.7 Å². The molecule has 2 aliphatic carbocycles. The van der Waals surface area contributed by atoms with Crippen molar-refractivity contribution in [2.24, 2.45) is 0 Å². The highest BCUT2D eigenvalue weighted by Crippen LogP contribution is 2.39. The van der Waals surface area contributed by atoms with Gasteiger partial charge in [0.25, 0.3) is 0 Å². The normalized spacial score (nSPS) is 22.6. The number of aromatic nitrogens is 3. The number of hydrogen-bond acceptors (Lipinski definition) is 2. The molecule has 0 unspecified atom stereocenters. The van der Waals surface area contributed by atoms with Gasteiger partial charge in [-0.05, 0) is 32.6 Å². The molecule has 0 atom stereocenters. The molecule has 17 heavy (non-hydrogen) atoms. The summed E-state index contributed by atoms with van der Waals surface area (Å²) < 4.78 is 2.17. The Hall–Kier alpha value is -0.860. The minimum Gasteiger partial charge on any atom is -0.250 e. The van der Waals surface area contributed by atoms with Crippen LogP contribution in [0, 0.1) is 0 Å². The molecule has 1 heterocycles. The Labute approximate surface area is 104 Å². The molecule has 3 rings (SSSR count). The summed E-state index contributed by atoms with van der Waals surface area (Å²) in [5.41, 5.74) is 0. The molecule has 0 aromatic carbocycles. The van der Waals surface area contributed by atoms with Crippen LogP contribution in [-0.4, -0.2) is 14.8 Å². The molecule has 0 amide bonds. The van der Waals surface area contributed by atoms with Crippen molar-refractivity contribution in [3.8, 4) is 0 Å². The summed E-state index contributed by atoms with van der Waals surface area (Å²) in [6.45, 7) is 3.16. The molecule has 0 N–H and O–H groups in total. The van der Waals surface area contributed by atoms with Crippen LogP contribution in [-0.2, 0) is 6.54 Å². The summed E-state index contributed by atoms with van der Waals surface area (Å²) in [5, 5.41) is 4.70. The lowest BCUT2D eigenvalue weighted by Crippen LogP contribution is -2.09. The van der Waals surface area contributed by atoms with Crippen molar-refractivity contribution >= 4 is 0 Å². The fourth-order valence-electron chi connectivity index (χ4n) is 2.96. The van der Waals surface area contributed by atoms with E-state index in [1.54, 1.807) is 0 Å². The average molecular weight is 233 g/mol. The molecule has 2 aliphatic rings. The maximum Gasteiger partial charge on any atom is 0.154 e. The summed E-state index contributed by atoms with van der Waals surface area (Å²) in [7, 11) is 0. The summed E-state index contributed by atoms with van der Waals surface area (Å²) in [4.78, 5) is 4.86. The molecule has 94 valence electrons. The Kier molecular flexibility index (Phi) is 3.17. The second kappa shape index (κ2) is 4.79. The van der Waals surface area contributed by atoms with Gasteiger partial charge in [0, 0.05) is 18.4 Å².